The van der Waals surface area contributed by atoms with Gasteiger partial charge >= 0.3 is 0 Å². The molecule has 0 bridgehead atoms. The second-order valence-electron chi connectivity index (χ2n) is 4.60. The number of nitrogens with zero attached hydrogens (tertiary/aromatic N) is 4. The topological polar surface area (TPSA) is 96.3 Å². The molecule has 7 heteroatoms. The maximum atomic E-state index is 5.68. The number of nitrogens with one attached hydrogen (secondary N) is 1. The zero-order valence-electron chi connectivity index (χ0n) is 10.9. The Kier molecular flexibility index (Phi) is 3.83. The molecule has 100 valence electrons. The highest BCUT2D eigenvalue weighted by atomic mass is 15.3. The van der Waals surface area contributed by atoms with E-state index in [2.05, 4.69) is 39.2 Å². The van der Waals surface area contributed by atoms with Crippen molar-refractivity contribution in [3.63, 3.8) is 0 Å². The van der Waals surface area contributed by atoms with Crippen molar-refractivity contribution in [2.24, 2.45) is 5.84 Å². The van der Waals surface area contributed by atoms with Crippen molar-refractivity contribution in [3.05, 3.63) is 6.07 Å². The van der Waals surface area contributed by atoms with Crippen molar-refractivity contribution in [3.8, 4) is 0 Å². The van der Waals surface area contributed by atoms with E-state index in [1.54, 1.807) is 0 Å². The molecule has 1 unspecified atom stereocenters. The molecule has 0 spiro atoms. The van der Waals surface area contributed by atoms with E-state index in [1.807, 2.05) is 6.07 Å². The highest BCUT2D eigenvalue weighted by Crippen LogP contribution is 2.20. The van der Waals surface area contributed by atoms with Crippen LogP contribution >= 0.6 is 0 Å². The molecule has 0 aromatic carbocycles. The average molecular weight is 251 g/mol. The van der Waals surface area contributed by atoms with Crippen LogP contribution in [0.3, 0.4) is 0 Å². The predicted octanol–water partition coefficient (Wildman–Crippen LogP) is -0.125. The molecule has 0 amide bonds. The van der Waals surface area contributed by atoms with Gasteiger partial charge in [0.2, 0.25) is 5.95 Å². The van der Waals surface area contributed by atoms with Gasteiger partial charge in [0, 0.05) is 31.7 Å². The molecule has 1 atom stereocenters. The van der Waals surface area contributed by atoms with Crippen LogP contribution in [0.4, 0.5) is 17.6 Å². The third-order valence-electron chi connectivity index (χ3n) is 3.45. The van der Waals surface area contributed by atoms with Crippen molar-refractivity contribution >= 4 is 17.6 Å². The minimum Gasteiger partial charge on any atom is -0.368 e. The number of hydrazine groups is 1. The van der Waals surface area contributed by atoms with Crippen molar-refractivity contribution in [1.82, 2.24) is 14.9 Å². The molecule has 0 saturated carbocycles. The molecule has 1 fully saturated rings. The summed E-state index contributed by atoms with van der Waals surface area (Å²) in [7, 11) is 2.16. The lowest BCUT2D eigenvalue weighted by Gasteiger charge is -2.39. The van der Waals surface area contributed by atoms with Crippen molar-refractivity contribution in [2.45, 2.75) is 19.4 Å². The molecule has 0 aliphatic carbocycles. The summed E-state index contributed by atoms with van der Waals surface area (Å²) >= 11 is 0. The largest absolute Gasteiger partial charge is 0.368 e. The molecule has 1 aliphatic heterocycles. The van der Waals surface area contributed by atoms with Gasteiger partial charge in [-0.3, -0.25) is 4.90 Å². The van der Waals surface area contributed by atoms with Crippen LogP contribution in [0.5, 0.6) is 0 Å². The molecule has 1 saturated heterocycles. The third-order valence-corrected chi connectivity index (χ3v) is 3.45. The van der Waals surface area contributed by atoms with Gasteiger partial charge in [-0.2, -0.15) is 9.97 Å². The summed E-state index contributed by atoms with van der Waals surface area (Å²) in [6, 6.07) is 2.37. The quantitative estimate of drug-likeness (QED) is 0.509. The second-order valence-corrected chi connectivity index (χ2v) is 4.60. The molecule has 0 radical (unpaired) electrons. The number of rotatable bonds is 3. The predicted molar refractivity (Wildman–Crippen MR) is 73.2 cm³/mol. The van der Waals surface area contributed by atoms with Gasteiger partial charge in [0.15, 0.2) is 0 Å². The molecule has 1 aliphatic rings. The molecular weight excluding hydrogens is 230 g/mol. The van der Waals surface area contributed by atoms with Gasteiger partial charge in [0.05, 0.1) is 0 Å². The number of piperazine rings is 1. The lowest BCUT2D eigenvalue weighted by Crippen LogP contribution is -2.51. The first-order chi connectivity index (χ1) is 8.63. The molecule has 5 N–H and O–H groups in total. The first-order valence-corrected chi connectivity index (χ1v) is 6.20. The normalized spacial score (nSPS) is 21.1. The smallest absolute Gasteiger partial charge is 0.223 e. The van der Waals surface area contributed by atoms with Gasteiger partial charge in [-0.05, 0) is 13.5 Å². The van der Waals surface area contributed by atoms with E-state index in [0.29, 0.717) is 11.9 Å². The van der Waals surface area contributed by atoms with E-state index in [4.69, 9.17) is 11.6 Å². The Hall–Kier alpha value is -1.60. The monoisotopic (exact) mass is 251 g/mol. The molecule has 1 aromatic heterocycles. The lowest BCUT2D eigenvalue weighted by molar-refractivity contribution is 0.213. The van der Waals surface area contributed by atoms with E-state index >= 15 is 0 Å². The minimum absolute atomic E-state index is 0.243. The summed E-state index contributed by atoms with van der Waals surface area (Å²) in [6.45, 7) is 5.11. The van der Waals surface area contributed by atoms with Crippen LogP contribution in [0, 0.1) is 0 Å². The van der Waals surface area contributed by atoms with Crippen LogP contribution < -0.4 is 21.9 Å². The number of hydrogen-bond acceptors (Lipinski definition) is 7. The maximum absolute atomic E-state index is 5.68. The van der Waals surface area contributed by atoms with Crippen molar-refractivity contribution < 1.29 is 0 Å². The number of nitrogen functional groups attached to an aromatic ring is 2. The summed E-state index contributed by atoms with van der Waals surface area (Å²) in [4.78, 5) is 12.9. The number of nitrogens with two attached hydrogens (primary N) is 2. The highest BCUT2D eigenvalue weighted by molar-refractivity contribution is 5.52. The number of aromatic nitrogens is 2. The minimum atomic E-state index is 0.243. The van der Waals surface area contributed by atoms with Crippen LogP contribution in [0.1, 0.15) is 13.3 Å². The summed E-state index contributed by atoms with van der Waals surface area (Å²) < 4.78 is 0. The van der Waals surface area contributed by atoms with Gasteiger partial charge < -0.3 is 16.1 Å². The van der Waals surface area contributed by atoms with E-state index in [9.17, 15) is 0 Å². The zero-order chi connectivity index (χ0) is 13.1. The molecule has 2 heterocycles. The molecule has 1 aromatic rings. The fourth-order valence-corrected chi connectivity index (χ4v) is 2.28. The Morgan fingerprint density at radius 3 is 2.89 bits per heavy atom. The maximum Gasteiger partial charge on any atom is 0.223 e. The summed E-state index contributed by atoms with van der Waals surface area (Å²) in [5.41, 5.74) is 8.19. The van der Waals surface area contributed by atoms with Gasteiger partial charge in [0.25, 0.3) is 0 Å². The lowest BCUT2D eigenvalue weighted by atomic mass is 10.1. The van der Waals surface area contributed by atoms with E-state index in [-0.39, 0.29) is 5.95 Å². The fourth-order valence-electron chi connectivity index (χ4n) is 2.28. The number of anilines is 3. The Balaban J connectivity index is 2.18. The van der Waals surface area contributed by atoms with Gasteiger partial charge in [-0.1, -0.05) is 6.92 Å². The Morgan fingerprint density at radius 1 is 1.44 bits per heavy atom. The molecule has 2 rings (SSSR count). The molecule has 7 nitrogen and oxygen atoms in total. The summed E-state index contributed by atoms with van der Waals surface area (Å²) in [5, 5.41) is 0. The standard InChI is InChI=1S/C11H21N7/c1-3-8-7-18(5-4-17(8)2)10-6-9(16-13)14-11(12)15-10/h6,8H,3-5,7,13H2,1-2H3,(H3,12,14,15,16). The van der Waals surface area contributed by atoms with Crippen LogP contribution in [0.15, 0.2) is 6.07 Å². The van der Waals surface area contributed by atoms with Crippen LogP contribution in [-0.2, 0) is 0 Å². The second kappa shape index (κ2) is 5.36. The van der Waals surface area contributed by atoms with E-state index < -0.39 is 0 Å². The van der Waals surface area contributed by atoms with Crippen molar-refractivity contribution in [1.29, 1.82) is 0 Å². The van der Waals surface area contributed by atoms with Crippen molar-refractivity contribution in [2.75, 3.05) is 42.7 Å². The number of hydrogen-bond donors (Lipinski definition) is 3. The third kappa shape index (κ3) is 2.62. The molecule has 18 heavy (non-hydrogen) atoms. The van der Waals surface area contributed by atoms with Crippen LogP contribution in [0.25, 0.3) is 0 Å². The van der Waals surface area contributed by atoms with Gasteiger partial charge in [-0.25, -0.2) is 5.84 Å². The van der Waals surface area contributed by atoms with E-state index in [0.717, 1.165) is 31.9 Å². The van der Waals surface area contributed by atoms with Crippen LogP contribution in [0.2, 0.25) is 0 Å². The van der Waals surface area contributed by atoms with Gasteiger partial charge in [0.1, 0.15) is 11.6 Å². The van der Waals surface area contributed by atoms with E-state index in [1.165, 1.54) is 0 Å². The van der Waals surface area contributed by atoms with Gasteiger partial charge in [-0.15, -0.1) is 0 Å². The summed E-state index contributed by atoms with van der Waals surface area (Å²) in [6.07, 6.45) is 1.12. The average Bonchev–Trinajstić information content (AvgIpc) is 2.38. The Morgan fingerprint density at radius 2 is 2.22 bits per heavy atom. The zero-order valence-corrected chi connectivity index (χ0v) is 10.9. The number of likely N-dealkylation sites (N-methyl/N-ethyl adjacent to an activating group) is 1. The van der Waals surface area contributed by atoms with Crippen LogP contribution in [-0.4, -0.2) is 47.6 Å². The summed E-state index contributed by atoms with van der Waals surface area (Å²) in [5.74, 6) is 6.99. The highest BCUT2D eigenvalue weighted by Gasteiger charge is 2.24. The fraction of sp³-hybridized carbons (Fsp3) is 0.636. The Bertz CT molecular complexity index is 408. The molecular formula is C11H21N7. The SMILES string of the molecule is CCC1CN(c2cc(NN)nc(N)n2)CCN1C. The Labute approximate surface area is 107 Å². The first-order valence-electron chi connectivity index (χ1n) is 6.20. The first kappa shape index (κ1) is 12.8.